The van der Waals surface area contributed by atoms with Gasteiger partial charge in [0.15, 0.2) is 0 Å². The lowest BCUT2D eigenvalue weighted by Crippen LogP contribution is -2.04. The summed E-state index contributed by atoms with van der Waals surface area (Å²) in [6.07, 6.45) is 8.90. The van der Waals surface area contributed by atoms with Crippen LogP contribution in [0.15, 0.2) is 12.2 Å². The van der Waals surface area contributed by atoms with Crippen molar-refractivity contribution in [1.82, 2.24) is 0 Å². The van der Waals surface area contributed by atoms with Gasteiger partial charge in [-0.1, -0.05) is 12.2 Å². The van der Waals surface area contributed by atoms with E-state index in [-0.39, 0.29) is 5.97 Å². The van der Waals surface area contributed by atoms with Gasteiger partial charge >= 0.3 is 5.97 Å². The second-order valence-corrected chi connectivity index (χ2v) is 2.75. The topological polar surface area (TPSA) is 26.3 Å². The molecule has 0 atom stereocenters. The normalized spacial score (nSPS) is 23.8. The molecule has 0 aromatic carbocycles. The van der Waals surface area contributed by atoms with Gasteiger partial charge in [-0.3, -0.25) is 4.79 Å². The highest BCUT2D eigenvalue weighted by Crippen LogP contribution is 2.04. The molecule has 0 aromatic heterocycles. The van der Waals surface area contributed by atoms with Gasteiger partial charge in [-0.2, -0.15) is 0 Å². The molecule has 0 N–H and O–H groups in total. The van der Waals surface area contributed by atoms with Gasteiger partial charge in [-0.15, -0.1) is 0 Å². The minimum absolute atomic E-state index is 0.0943. The van der Waals surface area contributed by atoms with Gasteiger partial charge in [0, 0.05) is 0 Å². The van der Waals surface area contributed by atoms with Crippen molar-refractivity contribution in [3.8, 4) is 0 Å². The van der Waals surface area contributed by atoms with Crippen LogP contribution < -0.4 is 0 Å². The molecule has 0 aliphatic carbocycles. The zero-order valence-electron chi connectivity index (χ0n) is 6.71. The van der Waals surface area contributed by atoms with Crippen LogP contribution in [0.25, 0.3) is 0 Å². The molecular formula is C9H14O2. The predicted molar refractivity (Wildman–Crippen MR) is 43.2 cm³/mol. The van der Waals surface area contributed by atoms with E-state index in [1.54, 1.807) is 0 Å². The SMILES string of the molecule is O=C1C/C=C\CCCCCO1. The van der Waals surface area contributed by atoms with Crippen molar-refractivity contribution in [2.45, 2.75) is 32.1 Å². The Hall–Kier alpha value is -0.790. The van der Waals surface area contributed by atoms with Crippen LogP contribution in [0.4, 0.5) is 0 Å². The number of hydrogen-bond acceptors (Lipinski definition) is 2. The Balaban J connectivity index is 2.30. The number of carbonyl (C=O) groups excluding carboxylic acids is 1. The summed E-state index contributed by atoms with van der Waals surface area (Å²) in [4.78, 5) is 10.8. The van der Waals surface area contributed by atoms with E-state index >= 15 is 0 Å². The minimum atomic E-state index is -0.0943. The second-order valence-electron chi connectivity index (χ2n) is 2.75. The number of carbonyl (C=O) groups is 1. The third kappa shape index (κ3) is 3.81. The third-order valence-electron chi connectivity index (χ3n) is 1.73. The lowest BCUT2D eigenvalue weighted by molar-refractivity contribution is -0.142. The Labute approximate surface area is 67.2 Å². The van der Waals surface area contributed by atoms with Crippen molar-refractivity contribution >= 4 is 5.97 Å². The molecule has 1 rings (SSSR count). The molecule has 1 heterocycles. The van der Waals surface area contributed by atoms with E-state index < -0.39 is 0 Å². The number of rotatable bonds is 0. The van der Waals surface area contributed by atoms with E-state index in [1.165, 1.54) is 6.42 Å². The van der Waals surface area contributed by atoms with Gasteiger partial charge in [0.2, 0.25) is 0 Å². The Morgan fingerprint density at radius 2 is 2.09 bits per heavy atom. The molecule has 0 aromatic rings. The van der Waals surface area contributed by atoms with Gasteiger partial charge < -0.3 is 4.74 Å². The maximum Gasteiger partial charge on any atom is 0.309 e. The maximum atomic E-state index is 10.8. The van der Waals surface area contributed by atoms with Crippen LogP contribution in [0.1, 0.15) is 32.1 Å². The molecule has 2 nitrogen and oxygen atoms in total. The van der Waals surface area contributed by atoms with E-state index in [0.717, 1.165) is 19.3 Å². The van der Waals surface area contributed by atoms with Crippen LogP contribution in [0.5, 0.6) is 0 Å². The largest absolute Gasteiger partial charge is 0.465 e. The summed E-state index contributed by atoms with van der Waals surface area (Å²) in [5, 5.41) is 0. The molecule has 0 amide bonds. The molecule has 0 unspecified atom stereocenters. The smallest absolute Gasteiger partial charge is 0.309 e. The first kappa shape index (κ1) is 8.31. The fourth-order valence-electron chi connectivity index (χ4n) is 1.08. The van der Waals surface area contributed by atoms with Crippen molar-refractivity contribution in [1.29, 1.82) is 0 Å². The van der Waals surface area contributed by atoms with Gasteiger partial charge in [0.1, 0.15) is 0 Å². The molecule has 1 aliphatic heterocycles. The molecule has 0 fully saturated rings. The number of esters is 1. The van der Waals surface area contributed by atoms with E-state index in [4.69, 9.17) is 4.74 Å². The lowest BCUT2D eigenvalue weighted by atomic mass is 10.2. The zero-order valence-corrected chi connectivity index (χ0v) is 6.71. The average Bonchev–Trinajstić information content (AvgIpc) is 2.03. The maximum absolute atomic E-state index is 10.8. The summed E-state index contributed by atoms with van der Waals surface area (Å²) < 4.78 is 4.93. The highest BCUT2D eigenvalue weighted by molar-refractivity contribution is 5.71. The van der Waals surface area contributed by atoms with Crippen LogP contribution in [0, 0.1) is 0 Å². The Kier molecular flexibility index (Phi) is 3.73. The third-order valence-corrected chi connectivity index (χ3v) is 1.73. The first-order chi connectivity index (χ1) is 5.39. The molecule has 2 heteroatoms. The standard InChI is InChI=1S/C9H14O2/c10-9-7-5-3-1-2-4-6-8-11-9/h3,5H,1-2,4,6-8H2/b5-3-. The number of hydrogen-bond donors (Lipinski definition) is 0. The summed E-state index contributed by atoms with van der Waals surface area (Å²) in [6.45, 7) is 0.604. The number of cyclic esters (lactones) is 1. The molecule has 0 bridgehead atoms. The number of allylic oxidation sites excluding steroid dienone is 1. The van der Waals surface area contributed by atoms with Crippen LogP contribution in [0.3, 0.4) is 0 Å². The van der Waals surface area contributed by atoms with Crippen molar-refractivity contribution in [2.75, 3.05) is 6.61 Å². The van der Waals surface area contributed by atoms with Gasteiger partial charge in [-0.25, -0.2) is 0 Å². The highest BCUT2D eigenvalue weighted by Gasteiger charge is 2.00. The molecule has 11 heavy (non-hydrogen) atoms. The second kappa shape index (κ2) is 4.94. The van der Waals surface area contributed by atoms with Crippen LogP contribution in [-0.4, -0.2) is 12.6 Å². The first-order valence-electron chi connectivity index (χ1n) is 4.20. The average molecular weight is 154 g/mol. The van der Waals surface area contributed by atoms with Crippen molar-refractivity contribution < 1.29 is 9.53 Å². The van der Waals surface area contributed by atoms with E-state index in [2.05, 4.69) is 6.08 Å². The van der Waals surface area contributed by atoms with Crippen LogP contribution in [-0.2, 0) is 9.53 Å². The van der Waals surface area contributed by atoms with Crippen molar-refractivity contribution in [3.63, 3.8) is 0 Å². The summed E-state index contributed by atoms with van der Waals surface area (Å²) >= 11 is 0. The first-order valence-corrected chi connectivity index (χ1v) is 4.20. The zero-order chi connectivity index (χ0) is 7.94. The molecule has 0 radical (unpaired) electrons. The molecule has 1 aliphatic rings. The molecular weight excluding hydrogens is 140 g/mol. The molecule has 0 spiro atoms. The van der Waals surface area contributed by atoms with Gasteiger partial charge in [-0.05, 0) is 25.7 Å². The summed E-state index contributed by atoms with van der Waals surface area (Å²) in [5.41, 5.74) is 0. The Bertz CT molecular complexity index is 150. The van der Waals surface area contributed by atoms with E-state index in [0.29, 0.717) is 13.0 Å². The van der Waals surface area contributed by atoms with E-state index in [9.17, 15) is 4.79 Å². The van der Waals surface area contributed by atoms with E-state index in [1.807, 2.05) is 6.08 Å². The van der Waals surface area contributed by atoms with Crippen molar-refractivity contribution in [2.24, 2.45) is 0 Å². The molecule has 0 saturated heterocycles. The number of ether oxygens (including phenoxy) is 1. The highest BCUT2D eigenvalue weighted by atomic mass is 16.5. The fraction of sp³-hybridized carbons (Fsp3) is 0.667. The summed E-state index contributed by atoms with van der Waals surface area (Å²) in [6, 6.07) is 0. The van der Waals surface area contributed by atoms with Crippen molar-refractivity contribution in [3.05, 3.63) is 12.2 Å². The predicted octanol–water partition coefficient (Wildman–Crippen LogP) is 2.05. The molecule has 0 saturated carbocycles. The Morgan fingerprint density at radius 1 is 1.18 bits per heavy atom. The summed E-state index contributed by atoms with van der Waals surface area (Å²) in [5.74, 6) is -0.0943. The minimum Gasteiger partial charge on any atom is -0.465 e. The van der Waals surface area contributed by atoms with Gasteiger partial charge in [0.05, 0.1) is 13.0 Å². The lowest BCUT2D eigenvalue weighted by Gasteiger charge is -2.04. The Morgan fingerprint density at radius 3 is 3.00 bits per heavy atom. The van der Waals surface area contributed by atoms with Crippen LogP contribution in [0.2, 0.25) is 0 Å². The fourth-order valence-corrected chi connectivity index (χ4v) is 1.08. The molecule has 62 valence electrons. The van der Waals surface area contributed by atoms with Crippen LogP contribution >= 0.6 is 0 Å². The van der Waals surface area contributed by atoms with Gasteiger partial charge in [0.25, 0.3) is 0 Å². The quantitative estimate of drug-likeness (QED) is 0.394. The summed E-state index contributed by atoms with van der Waals surface area (Å²) in [7, 11) is 0. The monoisotopic (exact) mass is 154 g/mol.